The van der Waals surface area contributed by atoms with E-state index in [0.29, 0.717) is 13.2 Å². The zero-order valence-electron chi connectivity index (χ0n) is 11.0. The first kappa shape index (κ1) is 15.1. The normalized spacial score (nSPS) is 20.9. The van der Waals surface area contributed by atoms with E-state index in [9.17, 15) is 17.6 Å². The molecule has 1 saturated heterocycles. The van der Waals surface area contributed by atoms with Gasteiger partial charge in [-0.25, -0.2) is 4.39 Å². The SMILES string of the molecule is CN1CCOC(CNc2cc(C(F)(F)F)ccc2F)C1. The Hall–Kier alpha value is -1.34. The highest BCUT2D eigenvalue weighted by Gasteiger charge is 2.31. The number of hydrogen-bond donors (Lipinski definition) is 1. The van der Waals surface area contributed by atoms with Gasteiger partial charge in [0.2, 0.25) is 0 Å². The van der Waals surface area contributed by atoms with Gasteiger partial charge in [-0.05, 0) is 25.2 Å². The van der Waals surface area contributed by atoms with E-state index in [1.165, 1.54) is 0 Å². The number of nitrogens with one attached hydrogen (secondary N) is 1. The summed E-state index contributed by atoms with van der Waals surface area (Å²) in [5.74, 6) is -0.706. The molecule has 1 atom stereocenters. The Labute approximate surface area is 114 Å². The number of rotatable bonds is 3. The van der Waals surface area contributed by atoms with Gasteiger partial charge < -0.3 is 15.0 Å². The molecule has 1 aromatic rings. The van der Waals surface area contributed by atoms with Gasteiger partial charge in [-0.15, -0.1) is 0 Å². The molecule has 1 fully saturated rings. The zero-order valence-corrected chi connectivity index (χ0v) is 11.0. The van der Waals surface area contributed by atoms with Crippen molar-refractivity contribution in [1.29, 1.82) is 0 Å². The van der Waals surface area contributed by atoms with Crippen LogP contribution in [0.3, 0.4) is 0 Å². The van der Waals surface area contributed by atoms with Crippen LogP contribution in [0.4, 0.5) is 23.2 Å². The fraction of sp³-hybridized carbons (Fsp3) is 0.538. The van der Waals surface area contributed by atoms with E-state index in [4.69, 9.17) is 4.74 Å². The van der Waals surface area contributed by atoms with Crippen LogP contribution in [0.15, 0.2) is 18.2 Å². The van der Waals surface area contributed by atoms with E-state index in [2.05, 4.69) is 10.2 Å². The average Bonchev–Trinajstić information content (AvgIpc) is 2.36. The van der Waals surface area contributed by atoms with Gasteiger partial charge in [-0.1, -0.05) is 0 Å². The molecule has 0 amide bonds. The van der Waals surface area contributed by atoms with Crippen LogP contribution in [0.25, 0.3) is 0 Å². The minimum atomic E-state index is -4.48. The molecule has 0 saturated carbocycles. The van der Waals surface area contributed by atoms with Crippen molar-refractivity contribution in [3.63, 3.8) is 0 Å². The lowest BCUT2D eigenvalue weighted by Crippen LogP contribution is -2.43. The summed E-state index contributed by atoms with van der Waals surface area (Å²) in [5.41, 5.74) is -1.03. The molecule has 1 N–H and O–H groups in total. The maximum Gasteiger partial charge on any atom is 0.416 e. The predicted molar refractivity (Wildman–Crippen MR) is 67.1 cm³/mol. The third-order valence-corrected chi connectivity index (χ3v) is 3.16. The van der Waals surface area contributed by atoms with Crippen LogP contribution in [0.5, 0.6) is 0 Å². The van der Waals surface area contributed by atoms with Crippen LogP contribution in [-0.4, -0.2) is 44.3 Å². The summed E-state index contributed by atoms with van der Waals surface area (Å²) < 4.78 is 56.7. The third kappa shape index (κ3) is 3.83. The fourth-order valence-electron chi connectivity index (χ4n) is 2.05. The molecule has 0 aliphatic carbocycles. The molecule has 3 nitrogen and oxygen atoms in total. The second-order valence-electron chi connectivity index (χ2n) is 4.83. The smallest absolute Gasteiger partial charge is 0.380 e. The predicted octanol–water partition coefficient (Wildman–Crippen LogP) is 2.59. The van der Waals surface area contributed by atoms with Gasteiger partial charge in [-0.3, -0.25) is 0 Å². The van der Waals surface area contributed by atoms with Crippen LogP contribution in [0.1, 0.15) is 5.56 Å². The summed E-state index contributed by atoms with van der Waals surface area (Å²) in [4.78, 5) is 2.05. The lowest BCUT2D eigenvalue weighted by atomic mass is 10.1. The van der Waals surface area contributed by atoms with Crippen LogP contribution in [-0.2, 0) is 10.9 Å². The van der Waals surface area contributed by atoms with Crippen molar-refractivity contribution in [2.24, 2.45) is 0 Å². The quantitative estimate of drug-likeness (QED) is 0.867. The molecule has 7 heteroatoms. The molecule has 1 heterocycles. The highest BCUT2D eigenvalue weighted by molar-refractivity contribution is 5.48. The third-order valence-electron chi connectivity index (χ3n) is 3.16. The Balaban J connectivity index is 2.01. The summed E-state index contributed by atoms with van der Waals surface area (Å²) in [6, 6.07) is 2.33. The van der Waals surface area contributed by atoms with E-state index >= 15 is 0 Å². The Kier molecular flexibility index (Phi) is 4.49. The van der Waals surface area contributed by atoms with Crippen LogP contribution >= 0.6 is 0 Å². The van der Waals surface area contributed by atoms with Gasteiger partial charge in [0.1, 0.15) is 5.82 Å². The highest BCUT2D eigenvalue weighted by Crippen LogP contribution is 2.31. The highest BCUT2D eigenvalue weighted by atomic mass is 19.4. The molecule has 1 aliphatic heterocycles. The second kappa shape index (κ2) is 5.97. The summed E-state index contributed by atoms with van der Waals surface area (Å²) >= 11 is 0. The summed E-state index contributed by atoms with van der Waals surface area (Å²) in [6.07, 6.45) is -4.64. The van der Waals surface area contributed by atoms with E-state index in [-0.39, 0.29) is 18.3 Å². The first-order valence-electron chi connectivity index (χ1n) is 6.27. The Morgan fingerprint density at radius 1 is 1.40 bits per heavy atom. The van der Waals surface area contributed by atoms with Gasteiger partial charge in [0.15, 0.2) is 0 Å². The maximum atomic E-state index is 13.5. The number of hydrogen-bond acceptors (Lipinski definition) is 3. The molecule has 0 radical (unpaired) electrons. The monoisotopic (exact) mass is 292 g/mol. The number of halogens is 4. The van der Waals surface area contributed by atoms with Gasteiger partial charge >= 0.3 is 6.18 Å². The summed E-state index contributed by atoms with van der Waals surface area (Å²) in [6.45, 7) is 2.30. The van der Waals surface area contributed by atoms with Crippen LogP contribution in [0, 0.1) is 5.82 Å². The van der Waals surface area contributed by atoms with Crippen molar-refractivity contribution in [2.45, 2.75) is 12.3 Å². The number of alkyl halides is 3. The summed E-state index contributed by atoms with van der Waals surface area (Å²) in [7, 11) is 1.93. The Bertz CT molecular complexity index is 464. The minimum Gasteiger partial charge on any atom is -0.380 e. The fourth-order valence-corrected chi connectivity index (χ4v) is 2.05. The van der Waals surface area contributed by atoms with Crippen molar-refractivity contribution in [2.75, 3.05) is 38.6 Å². The van der Waals surface area contributed by atoms with E-state index in [1.54, 1.807) is 0 Å². The molecule has 2 rings (SSSR count). The Morgan fingerprint density at radius 2 is 2.15 bits per heavy atom. The molecule has 0 bridgehead atoms. The molecule has 1 unspecified atom stereocenters. The summed E-state index contributed by atoms with van der Waals surface area (Å²) in [5, 5.41) is 2.69. The van der Waals surface area contributed by atoms with Crippen LogP contribution in [0.2, 0.25) is 0 Å². The number of likely N-dealkylation sites (N-methyl/N-ethyl adjacent to an activating group) is 1. The van der Waals surface area contributed by atoms with Crippen molar-refractivity contribution in [3.05, 3.63) is 29.6 Å². The first-order valence-corrected chi connectivity index (χ1v) is 6.27. The van der Waals surface area contributed by atoms with Crippen molar-refractivity contribution < 1.29 is 22.3 Å². The molecular formula is C13H16F4N2O. The number of ether oxygens (including phenoxy) is 1. The van der Waals surface area contributed by atoms with E-state index in [1.807, 2.05) is 7.05 Å². The van der Waals surface area contributed by atoms with Gasteiger partial charge in [0, 0.05) is 19.6 Å². The van der Waals surface area contributed by atoms with E-state index < -0.39 is 17.6 Å². The average molecular weight is 292 g/mol. The van der Waals surface area contributed by atoms with Crippen molar-refractivity contribution in [1.82, 2.24) is 4.90 Å². The number of benzene rings is 1. The lowest BCUT2D eigenvalue weighted by molar-refractivity contribution is -0.137. The molecule has 20 heavy (non-hydrogen) atoms. The molecule has 1 aliphatic rings. The molecule has 112 valence electrons. The standard InChI is InChI=1S/C13H16F4N2O/c1-19-4-5-20-10(8-19)7-18-12-6-9(13(15,16)17)2-3-11(12)14/h2-3,6,10,18H,4-5,7-8H2,1H3. The zero-order chi connectivity index (χ0) is 14.8. The Morgan fingerprint density at radius 3 is 2.80 bits per heavy atom. The van der Waals surface area contributed by atoms with Crippen LogP contribution < -0.4 is 5.32 Å². The maximum absolute atomic E-state index is 13.5. The van der Waals surface area contributed by atoms with Gasteiger partial charge in [0.05, 0.1) is 24.0 Å². The number of anilines is 1. The second-order valence-corrected chi connectivity index (χ2v) is 4.83. The molecule has 0 spiro atoms. The first-order chi connectivity index (χ1) is 9.36. The molecular weight excluding hydrogens is 276 g/mol. The van der Waals surface area contributed by atoms with Gasteiger partial charge in [-0.2, -0.15) is 13.2 Å². The largest absolute Gasteiger partial charge is 0.416 e. The number of nitrogens with zero attached hydrogens (tertiary/aromatic N) is 1. The number of morpholine rings is 1. The molecule has 0 aromatic heterocycles. The molecule has 1 aromatic carbocycles. The van der Waals surface area contributed by atoms with Crippen molar-refractivity contribution in [3.8, 4) is 0 Å². The topological polar surface area (TPSA) is 24.5 Å². The van der Waals surface area contributed by atoms with E-state index in [0.717, 1.165) is 24.7 Å². The lowest BCUT2D eigenvalue weighted by Gasteiger charge is -2.30. The van der Waals surface area contributed by atoms with Gasteiger partial charge in [0.25, 0.3) is 0 Å². The minimum absolute atomic E-state index is 0.156. The van der Waals surface area contributed by atoms with Crippen molar-refractivity contribution >= 4 is 5.69 Å².